The van der Waals surface area contributed by atoms with Gasteiger partial charge in [0.15, 0.2) is 0 Å². The number of hydrogen-bond donors (Lipinski definition) is 2. The molecule has 1 saturated carbocycles. The normalized spacial score (nSPS) is 33.0. The first-order valence-corrected chi connectivity index (χ1v) is 8.15. The Morgan fingerprint density at radius 1 is 1.10 bits per heavy atom. The molecule has 2 heterocycles. The fourth-order valence-electron chi connectivity index (χ4n) is 4.11. The topological polar surface area (TPSA) is 72.9 Å². The highest BCUT2D eigenvalue weighted by Crippen LogP contribution is 2.31. The number of rotatable bonds is 3. The van der Waals surface area contributed by atoms with Gasteiger partial charge in [-0.3, -0.25) is 9.69 Å². The van der Waals surface area contributed by atoms with Crippen molar-refractivity contribution >= 4 is 12.0 Å². The van der Waals surface area contributed by atoms with Crippen LogP contribution >= 0.6 is 0 Å². The summed E-state index contributed by atoms with van der Waals surface area (Å²) in [6.45, 7) is 4.25. The van der Waals surface area contributed by atoms with Crippen molar-refractivity contribution in [2.24, 2.45) is 11.8 Å². The van der Waals surface area contributed by atoms with Gasteiger partial charge in [0, 0.05) is 32.2 Å². The number of carboxylic acids is 1. The number of amides is 2. The van der Waals surface area contributed by atoms with Crippen LogP contribution in [-0.2, 0) is 4.79 Å². The lowest BCUT2D eigenvalue weighted by Crippen LogP contribution is -2.55. The van der Waals surface area contributed by atoms with E-state index in [1.54, 1.807) is 0 Å². The average molecular weight is 295 g/mol. The van der Waals surface area contributed by atoms with Crippen LogP contribution in [-0.4, -0.2) is 65.7 Å². The molecule has 3 unspecified atom stereocenters. The standard InChI is InChI=1S/C15H25N3O3/c19-14(20)13-5-1-3-11(13)9-16-15(21)18-8-7-17-6-2-4-12(17)10-18/h11-13H,1-10H2,(H,16,21)(H,19,20). The van der Waals surface area contributed by atoms with Crippen LogP contribution in [0.1, 0.15) is 32.1 Å². The van der Waals surface area contributed by atoms with Crippen molar-refractivity contribution in [3.63, 3.8) is 0 Å². The maximum atomic E-state index is 12.3. The van der Waals surface area contributed by atoms with Gasteiger partial charge in [0.2, 0.25) is 0 Å². The highest BCUT2D eigenvalue weighted by molar-refractivity contribution is 5.75. The molecule has 0 bridgehead atoms. The first kappa shape index (κ1) is 14.6. The fourth-order valence-corrected chi connectivity index (χ4v) is 4.11. The maximum Gasteiger partial charge on any atom is 0.317 e. The van der Waals surface area contributed by atoms with Crippen LogP contribution in [0, 0.1) is 11.8 Å². The van der Waals surface area contributed by atoms with E-state index in [1.807, 2.05) is 4.90 Å². The fraction of sp³-hybridized carbons (Fsp3) is 0.867. The molecule has 2 amide bonds. The Labute approximate surface area is 125 Å². The Balaban J connectivity index is 1.47. The summed E-state index contributed by atoms with van der Waals surface area (Å²) in [6.07, 6.45) is 5.04. The second-order valence-electron chi connectivity index (χ2n) is 6.60. The van der Waals surface area contributed by atoms with E-state index in [4.69, 9.17) is 0 Å². The molecular weight excluding hydrogens is 270 g/mol. The number of urea groups is 1. The van der Waals surface area contributed by atoms with Crippen LogP contribution in [0.3, 0.4) is 0 Å². The molecule has 3 fully saturated rings. The third-order valence-corrected chi connectivity index (χ3v) is 5.37. The van der Waals surface area contributed by atoms with Crippen molar-refractivity contribution in [2.75, 3.05) is 32.7 Å². The summed E-state index contributed by atoms with van der Waals surface area (Å²) >= 11 is 0. The third kappa shape index (κ3) is 3.15. The summed E-state index contributed by atoms with van der Waals surface area (Å²) in [4.78, 5) is 27.8. The molecule has 21 heavy (non-hydrogen) atoms. The number of aliphatic carboxylic acids is 1. The summed E-state index contributed by atoms with van der Waals surface area (Å²) < 4.78 is 0. The molecular formula is C15H25N3O3. The Bertz CT molecular complexity index is 415. The lowest BCUT2D eigenvalue weighted by Gasteiger charge is -2.37. The van der Waals surface area contributed by atoms with Crippen molar-refractivity contribution in [2.45, 2.75) is 38.1 Å². The first-order chi connectivity index (χ1) is 10.1. The van der Waals surface area contributed by atoms with Crippen LogP contribution in [0.5, 0.6) is 0 Å². The lowest BCUT2D eigenvalue weighted by molar-refractivity contribution is -0.142. The molecule has 3 aliphatic rings. The van der Waals surface area contributed by atoms with Crippen LogP contribution in [0.25, 0.3) is 0 Å². The number of carbonyl (C=O) groups is 2. The summed E-state index contributed by atoms with van der Waals surface area (Å²) in [6, 6.07) is 0.514. The highest BCUT2D eigenvalue weighted by Gasteiger charge is 2.35. The number of carbonyl (C=O) groups excluding carboxylic acids is 1. The largest absolute Gasteiger partial charge is 0.481 e. The minimum Gasteiger partial charge on any atom is -0.481 e. The number of carboxylic acid groups (broad SMARTS) is 1. The Hall–Kier alpha value is -1.30. The van der Waals surface area contributed by atoms with Crippen LogP contribution in [0.15, 0.2) is 0 Å². The third-order valence-electron chi connectivity index (χ3n) is 5.37. The van der Waals surface area contributed by atoms with Gasteiger partial charge >= 0.3 is 12.0 Å². The molecule has 3 rings (SSSR count). The second-order valence-corrected chi connectivity index (χ2v) is 6.60. The van der Waals surface area contributed by atoms with Gasteiger partial charge in [-0.2, -0.15) is 0 Å². The molecule has 6 heteroatoms. The monoisotopic (exact) mass is 295 g/mol. The molecule has 3 atom stereocenters. The average Bonchev–Trinajstić information content (AvgIpc) is 3.12. The quantitative estimate of drug-likeness (QED) is 0.814. The van der Waals surface area contributed by atoms with E-state index in [2.05, 4.69) is 10.2 Å². The lowest BCUT2D eigenvalue weighted by atomic mass is 9.96. The molecule has 0 aromatic rings. The SMILES string of the molecule is O=C(O)C1CCCC1CNC(=O)N1CCN2CCCC2C1. The Morgan fingerprint density at radius 3 is 2.76 bits per heavy atom. The van der Waals surface area contributed by atoms with Crippen molar-refractivity contribution in [1.82, 2.24) is 15.1 Å². The smallest absolute Gasteiger partial charge is 0.317 e. The number of fused-ring (bicyclic) bond motifs is 1. The zero-order valence-electron chi connectivity index (χ0n) is 12.5. The van der Waals surface area contributed by atoms with Gasteiger partial charge in [-0.05, 0) is 38.1 Å². The van der Waals surface area contributed by atoms with E-state index in [0.29, 0.717) is 12.6 Å². The van der Waals surface area contributed by atoms with Gasteiger partial charge in [0.05, 0.1) is 5.92 Å². The molecule has 0 aromatic heterocycles. The van der Waals surface area contributed by atoms with Crippen molar-refractivity contribution in [1.29, 1.82) is 0 Å². The minimum absolute atomic E-state index is 0.0161. The molecule has 0 aromatic carbocycles. The molecule has 2 N–H and O–H groups in total. The Kier molecular flexibility index (Phi) is 4.33. The predicted octanol–water partition coefficient (Wildman–Crippen LogP) is 0.977. The van der Waals surface area contributed by atoms with E-state index in [9.17, 15) is 14.7 Å². The van der Waals surface area contributed by atoms with E-state index in [-0.39, 0.29) is 17.9 Å². The summed E-state index contributed by atoms with van der Waals surface area (Å²) in [7, 11) is 0. The van der Waals surface area contributed by atoms with E-state index in [1.165, 1.54) is 19.4 Å². The molecule has 2 aliphatic heterocycles. The predicted molar refractivity (Wildman–Crippen MR) is 78.0 cm³/mol. The number of piperazine rings is 1. The van der Waals surface area contributed by atoms with Crippen molar-refractivity contribution in [3.05, 3.63) is 0 Å². The van der Waals surface area contributed by atoms with Gasteiger partial charge in [0.1, 0.15) is 0 Å². The highest BCUT2D eigenvalue weighted by atomic mass is 16.4. The number of nitrogens with one attached hydrogen (secondary N) is 1. The van der Waals surface area contributed by atoms with Gasteiger partial charge in [-0.1, -0.05) is 6.42 Å². The molecule has 6 nitrogen and oxygen atoms in total. The molecule has 1 aliphatic carbocycles. The molecule has 118 valence electrons. The van der Waals surface area contributed by atoms with Gasteiger partial charge in [-0.15, -0.1) is 0 Å². The minimum atomic E-state index is -0.716. The summed E-state index contributed by atoms with van der Waals surface area (Å²) in [5.41, 5.74) is 0. The van der Waals surface area contributed by atoms with E-state index >= 15 is 0 Å². The number of nitrogens with zero attached hydrogens (tertiary/aromatic N) is 2. The van der Waals surface area contributed by atoms with Gasteiger partial charge in [0.25, 0.3) is 0 Å². The summed E-state index contributed by atoms with van der Waals surface area (Å²) in [5, 5.41) is 12.1. The van der Waals surface area contributed by atoms with Crippen LogP contribution in [0.2, 0.25) is 0 Å². The van der Waals surface area contributed by atoms with E-state index in [0.717, 1.165) is 38.9 Å². The second kappa shape index (κ2) is 6.22. The van der Waals surface area contributed by atoms with Crippen LogP contribution < -0.4 is 5.32 Å². The van der Waals surface area contributed by atoms with Gasteiger partial charge < -0.3 is 15.3 Å². The zero-order valence-corrected chi connectivity index (χ0v) is 12.5. The van der Waals surface area contributed by atoms with Crippen LogP contribution in [0.4, 0.5) is 4.79 Å². The Morgan fingerprint density at radius 2 is 1.95 bits per heavy atom. The number of hydrogen-bond acceptors (Lipinski definition) is 3. The van der Waals surface area contributed by atoms with Crippen molar-refractivity contribution in [3.8, 4) is 0 Å². The van der Waals surface area contributed by atoms with E-state index < -0.39 is 5.97 Å². The first-order valence-electron chi connectivity index (χ1n) is 8.15. The zero-order chi connectivity index (χ0) is 14.8. The van der Waals surface area contributed by atoms with Gasteiger partial charge in [-0.25, -0.2) is 4.79 Å². The molecule has 0 spiro atoms. The molecule has 0 radical (unpaired) electrons. The molecule has 2 saturated heterocycles. The maximum absolute atomic E-state index is 12.3. The van der Waals surface area contributed by atoms with Crippen molar-refractivity contribution < 1.29 is 14.7 Å². The summed E-state index contributed by atoms with van der Waals surface area (Å²) in [5.74, 6) is -0.900.